The summed E-state index contributed by atoms with van der Waals surface area (Å²) >= 11 is 0. The molecule has 5 nitrogen and oxygen atoms in total. The van der Waals surface area contributed by atoms with Crippen LogP contribution in [0.2, 0.25) is 0 Å². The molecule has 0 saturated heterocycles. The average molecular weight is 289 g/mol. The van der Waals surface area contributed by atoms with Crippen molar-refractivity contribution in [1.82, 2.24) is 10.6 Å². The highest BCUT2D eigenvalue weighted by atomic mass is 16.2. The molecule has 0 radical (unpaired) electrons. The number of carbonyl (C=O) groups excluding carboxylic acids is 2. The second-order valence-electron chi connectivity index (χ2n) is 5.64. The van der Waals surface area contributed by atoms with Gasteiger partial charge in [-0.2, -0.15) is 0 Å². The first-order valence-electron chi connectivity index (χ1n) is 7.51. The topological polar surface area (TPSA) is 84.2 Å². The molecule has 0 aliphatic heterocycles. The highest BCUT2D eigenvalue weighted by Gasteiger charge is 2.45. The maximum Gasteiger partial charge on any atom is 0.316 e. The van der Waals surface area contributed by atoms with Gasteiger partial charge in [-0.25, -0.2) is 4.79 Å². The zero-order valence-corrected chi connectivity index (χ0v) is 12.4. The van der Waals surface area contributed by atoms with E-state index in [1.54, 1.807) is 0 Å². The molecule has 1 atom stereocenters. The number of unbranched alkanes of at least 4 members (excludes halogenated alkanes) is 1. The van der Waals surface area contributed by atoms with Gasteiger partial charge in [0.15, 0.2) is 0 Å². The second kappa shape index (κ2) is 6.61. The Bertz CT molecular complexity index is 498. The molecule has 1 fully saturated rings. The van der Waals surface area contributed by atoms with E-state index in [0.717, 1.165) is 31.2 Å². The predicted octanol–water partition coefficient (Wildman–Crippen LogP) is 2.02. The molecule has 3 amide bonds. The normalized spacial score (nSPS) is 16.8. The van der Waals surface area contributed by atoms with Crippen LogP contribution in [0.5, 0.6) is 0 Å². The van der Waals surface area contributed by atoms with Crippen molar-refractivity contribution in [3.05, 3.63) is 35.9 Å². The van der Waals surface area contributed by atoms with E-state index in [1.807, 2.05) is 37.3 Å². The lowest BCUT2D eigenvalue weighted by molar-refractivity contribution is -0.119. The summed E-state index contributed by atoms with van der Waals surface area (Å²) in [5.74, 6) is -0.483. The Kier molecular flexibility index (Phi) is 4.83. The zero-order chi connectivity index (χ0) is 15.3. The fourth-order valence-electron chi connectivity index (χ4n) is 2.47. The van der Waals surface area contributed by atoms with Crippen molar-refractivity contribution in [3.8, 4) is 0 Å². The van der Waals surface area contributed by atoms with Crippen LogP contribution >= 0.6 is 0 Å². The molecule has 21 heavy (non-hydrogen) atoms. The molecule has 0 heterocycles. The van der Waals surface area contributed by atoms with Gasteiger partial charge in [-0.05, 0) is 24.8 Å². The lowest BCUT2D eigenvalue weighted by atomic mass is 10.1. The first-order chi connectivity index (χ1) is 10.1. The van der Waals surface area contributed by atoms with Gasteiger partial charge < -0.3 is 16.4 Å². The molecular formula is C16H23N3O2. The summed E-state index contributed by atoms with van der Waals surface area (Å²) in [6, 6.07) is 8.97. The van der Waals surface area contributed by atoms with Crippen molar-refractivity contribution in [2.24, 2.45) is 5.73 Å². The van der Waals surface area contributed by atoms with Crippen molar-refractivity contribution < 1.29 is 9.59 Å². The molecule has 1 aliphatic rings. The first-order valence-corrected chi connectivity index (χ1v) is 7.51. The monoisotopic (exact) mass is 289 g/mol. The molecule has 1 saturated carbocycles. The molecule has 4 N–H and O–H groups in total. The molecule has 2 rings (SSSR count). The van der Waals surface area contributed by atoms with Crippen LogP contribution in [0, 0.1) is 0 Å². The molecule has 1 aliphatic carbocycles. The van der Waals surface area contributed by atoms with Gasteiger partial charge in [0.25, 0.3) is 0 Å². The van der Waals surface area contributed by atoms with E-state index in [2.05, 4.69) is 10.6 Å². The number of carbonyl (C=O) groups is 2. The summed E-state index contributed by atoms with van der Waals surface area (Å²) in [6.07, 6.45) is 4.23. The molecule has 1 unspecified atom stereocenters. The highest BCUT2D eigenvalue weighted by Crippen LogP contribution is 2.45. The number of rotatable bonds is 7. The molecule has 1 aromatic rings. The quantitative estimate of drug-likeness (QED) is 0.717. The summed E-state index contributed by atoms with van der Waals surface area (Å²) in [4.78, 5) is 23.5. The minimum absolute atomic E-state index is 0.279. The second-order valence-corrected chi connectivity index (χ2v) is 5.64. The van der Waals surface area contributed by atoms with Crippen LogP contribution in [0.25, 0.3) is 0 Å². The molecule has 0 aromatic heterocycles. The van der Waals surface area contributed by atoms with E-state index >= 15 is 0 Å². The lowest BCUT2D eigenvalue weighted by Crippen LogP contribution is -2.50. The van der Waals surface area contributed by atoms with Crippen LogP contribution in [-0.2, 0) is 10.3 Å². The van der Waals surface area contributed by atoms with Gasteiger partial charge in [0.1, 0.15) is 6.04 Å². The Morgan fingerprint density at radius 1 is 1.29 bits per heavy atom. The van der Waals surface area contributed by atoms with E-state index in [4.69, 9.17) is 5.73 Å². The number of primary amides is 1. The Hall–Kier alpha value is -2.04. The molecule has 1 aromatic carbocycles. The summed E-state index contributed by atoms with van der Waals surface area (Å²) in [5.41, 5.74) is 6.16. The fourth-order valence-corrected chi connectivity index (χ4v) is 2.47. The summed E-state index contributed by atoms with van der Waals surface area (Å²) in [6.45, 7) is 2.03. The van der Waals surface area contributed by atoms with Crippen LogP contribution in [-0.4, -0.2) is 18.0 Å². The predicted molar refractivity (Wildman–Crippen MR) is 81.5 cm³/mol. The smallest absolute Gasteiger partial charge is 0.316 e. The SMILES string of the molecule is CCCCC(NC(=O)NC1(c2ccccc2)CC1)C(N)=O. The third-order valence-corrected chi connectivity index (χ3v) is 3.92. The van der Waals surface area contributed by atoms with Crippen LogP contribution in [0.4, 0.5) is 4.79 Å². The van der Waals surface area contributed by atoms with Gasteiger partial charge in [-0.15, -0.1) is 0 Å². The molecule has 114 valence electrons. The van der Waals surface area contributed by atoms with Crippen LogP contribution in [0.3, 0.4) is 0 Å². The highest BCUT2D eigenvalue weighted by molar-refractivity contribution is 5.86. The maximum absolute atomic E-state index is 12.1. The summed E-state index contributed by atoms with van der Waals surface area (Å²) in [5, 5.41) is 5.68. The molecular weight excluding hydrogens is 266 g/mol. The third kappa shape index (κ3) is 3.97. The molecule has 0 spiro atoms. The summed E-state index contributed by atoms with van der Waals surface area (Å²) in [7, 11) is 0. The fraction of sp³-hybridized carbons (Fsp3) is 0.500. The number of amides is 3. The lowest BCUT2D eigenvalue weighted by Gasteiger charge is -2.21. The van der Waals surface area contributed by atoms with Gasteiger partial charge in [0.05, 0.1) is 5.54 Å². The van der Waals surface area contributed by atoms with E-state index < -0.39 is 11.9 Å². The first kappa shape index (κ1) is 15.4. The van der Waals surface area contributed by atoms with E-state index in [9.17, 15) is 9.59 Å². The van der Waals surface area contributed by atoms with Crippen molar-refractivity contribution >= 4 is 11.9 Å². The third-order valence-electron chi connectivity index (χ3n) is 3.92. The van der Waals surface area contributed by atoms with E-state index in [-0.39, 0.29) is 11.6 Å². The zero-order valence-electron chi connectivity index (χ0n) is 12.4. The number of nitrogens with two attached hydrogens (primary N) is 1. The number of urea groups is 1. The van der Waals surface area contributed by atoms with Gasteiger partial charge in [-0.3, -0.25) is 4.79 Å². The average Bonchev–Trinajstić information content (AvgIpc) is 3.25. The van der Waals surface area contributed by atoms with Crippen LogP contribution in [0.15, 0.2) is 30.3 Å². The van der Waals surface area contributed by atoms with E-state index in [0.29, 0.717) is 6.42 Å². The Labute approximate surface area is 125 Å². The van der Waals surface area contributed by atoms with E-state index in [1.165, 1.54) is 0 Å². The Morgan fingerprint density at radius 2 is 1.95 bits per heavy atom. The number of benzene rings is 1. The summed E-state index contributed by atoms with van der Waals surface area (Å²) < 4.78 is 0. The van der Waals surface area contributed by atoms with Gasteiger partial charge in [0.2, 0.25) is 5.91 Å². The Morgan fingerprint density at radius 3 is 2.48 bits per heavy atom. The minimum Gasteiger partial charge on any atom is -0.368 e. The van der Waals surface area contributed by atoms with Crippen molar-refractivity contribution in [1.29, 1.82) is 0 Å². The largest absolute Gasteiger partial charge is 0.368 e. The van der Waals surface area contributed by atoms with Crippen molar-refractivity contribution in [2.45, 2.75) is 50.6 Å². The standard InChI is InChI=1S/C16H23N3O2/c1-2-3-9-13(14(17)20)18-15(21)19-16(10-11-16)12-7-5-4-6-8-12/h4-8,13H,2-3,9-11H2,1H3,(H2,17,20)(H2,18,19,21). The van der Waals surface area contributed by atoms with Gasteiger partial charge in [0, 0.05) is 0 Å². The molecule has 0 bridgehead atoms. The number of hydrogen-bond donors (Lipinski definition) is 3. The van der Waals surface area contributed by atoms with Crippen LogP contribution < -0.4 is 16.4 Å². The van der Waals surface area contributed by atoms with Gasteiger partial charge >= 0.3 is 6.03 Å². The maximum atomic E-state index is 12.1. The Balaban J connectivity index is 1.93. The van der Waals surface area contributed by atoms with Gasteiger partial charge in [-0.1, -0.05) is 50.1 Å². The molecule has 5 heteroatoms. The van der Waals surface area contributed by atoms with Crippen molar-refractivity contribution in [2.75, 3.05) is 0 Å². The number of hydrogen-bond acceptors (Lipinski definition) is 2. The number of nitrogens with one attached hydrogen (secondary N) is 2. The van der Waals surface area contributed by atoms with Crippen molar-refractivity contribution in [3.63, 3.8) is 0 Å². The minimum atomic E-state index is -0.600. The van der Waals surface area contributed by atoms with Crippen LogP contribution in [0.1, 0.15) is 44.6 Å².